The van der Waals surface area contributed by atoms with Crippen LogP contribution in [0, 0.1) is 19.3 Å². The molecule has 6 heteroatoms. The molecular formula is C21H25N3O3. The zero-order valence-corrected chi connectivity index (χ0v) is 16.5. The number of fused-ring (bicyclic) bond motifs is 3. The van der Waals surface area contributed by atoms with Crippen molar-refractivity contribution in [1.82, 2.24) is 14.6 Å². The van der Waals surface area contributed by atoms with Gasteiger partial charge in [0.25, 0.3) is 0 Å². The average Bonchev–Trinajstić information content (AvgIpc) is 2.97. The Morgan fingerprint density at radius 2 is 1.85 bits per heavy atom. The van der Waals surface area contributed by atoms with E-state index < -0.39 is 5.41 Å². The Balaban J connectivity index is 1.76. The normalized spacial score (nSPS) is 11.9. The molecule has 142 valence electrons. The predicted molar refractivity (Wildman–Crippen MR) is 104 cm³/mol. The van der Waals surface area contributed by atoms with Crippen molar-refractivity contribution in [2.45, 2.75) is 47.5 Å². The number of Topliss-reactive ketones (excluding diaryl/α,β-unsaturated/α-hetero) is 1. The zero-order chi connectivity index (χ0) is 19.8. The maximum Gasteiger partial charge on any atom is 0.306 e. The van der Waals surface area contributed by atoms with Gasteiger partial charge in [0, 0.05) is 28.6 Å². The predicted octanol–water partition coefficient (Wildman–Crippen LogP) is 3.59. The maximum atomic E-state index is 12.1. The first kappa shape index (κ1) is 19.0. The van der Waals surface area contributed by atoms with Gasteiger partial charge in [-0.15, -0.1) is 0 Å². The number of rotatable bonds is 5. The molecule has 0 N–H and O–H groups in total. The van der Waals surface area contributed by atoms with Gasteiger partial charge >= 0.3 is 5.97 Å². The van der Waals surface area contributed by atoms with Gasteiger partial charge in [-0.3, -0.25) is 9.59 Å². The summed E-state index contributed by atoms with van der Waals surface area (Å²) in [6.45, 7) is 9.18. The van der Waals surface area contributed by atoms with Gasteiger partial charge in [0.15, 0.2) is 18.0 Å². The summed E-state index contributed by atoms with van der Waals surface area (Å²) < 4.78 is 6.97. The van der Waals surface area contributed by atoms with E-state index in [0.29, 0.717) is 6.42 Å². The lowest BCUT2D eigenvalue weighted by Crippen LogP contribution is -2.26. The van der Waals surface area contributed by atoms with Crippen molar-refractivity contribution >= 4 is 28.3 Å². The maximum absolute atomic E-state index is 12.1. The topological polar surface area (TPSA) is 73.6 Å². The van der Waals surface area contributed by atoms with Gasteiger partial charge in [0.2, 0.25) is 0 Å². The molecule has 2 heterocycles. The number of hydrogen-bond acceptors (Lipinski definition) is 5. The monoisotopic (exact) mass is 367 g/mol. The number of aromatic nitrogens is 3. The van der Waals surface area contributed by atoms with Crippen LogP contribution in [0.4, 0.5) is 0 Å². The number of hydrogen-bond donors (Lipinski definition) is 0. The molecule has 0 atom stereocenters. The van der Waals surface area contributed by atoms with Crippen LogP contribution in [-0.2, 0) is 20.7 Å². The molecule has 6 nitrogen and oxygen atoms in total. The molecule has 0 aliphatic carbocycles. The van der Waals surface area contributed by atoms with E-state index in [1.54, 1.807) is 0 Å². The number of ether oxygens (including phenoxy) is 1. The molecule has 0 amide bonds. The summed E-state index contributed by atoms with van der Waals surface area (Å²) in [5.41, 5.74) is 4.03. The van der Waals surface area contributed by atoms with Crippen LogP contribution in [0.1, 0.15) is 44.1 Å². The lowest BCUT2D eigenvalue weighted by atomic mass is 9.91. The van der Waals surface area contributed by atoms with Gasteiger partial charge in [0.05, 0.1) is 5.52 Å². The molecule has 0 saturated carbocycles. The second-order valence-electron chi connectivity index (χ2n) is 7.85. The SMILES string of the molecule is Cc1nc2c3ccccc3nn2c(C)c1CCC(=O)OCC(=O)C(C)(C)C. The number of benzene rings is 1. The van der Waals surface area contributed by atoms with Crippen molar-refractivity contribution in [1.29, 1.82) is 0 Å². The minimum atomic E-state index is -0.509. The first-order chi connectivity index (χ1) is 12.7. The third kappa shape index (κ3) is 3.84. The molecule has 0 fully saturated rings. The van der Waals surface area contributed by atoms with Gasteiger partial charge in [-0.1, -0.05) is 32.9 Å². The molecular weight excluding hydrogens is 342 g/mol. The van der Waals surface area contributed by atoms with Crippen molar-refractivity contribution in [2.24, 2.45) is 5.41 Å². The molecule has 0 unspecified atom stereocenters. The van der Waals surface area contributed by atoms with E-state index in [2.05, 4.69) is 5.10 Å². The molecule has 2 aromatic heterocycles. The molecule has 1 aromatic carbocycles. The van der Waals surface area contributed by atoms with E-state index in [-0.39, 0.29) is 24.8 Å². The number of carbonyl (C=O) groups excluding carboxylic acids is 2. The number of ketones is 1. The zero-order valence-electron chi connectivity index (χ0n) is 16.5. The standard InChI is InChI=1S/C21H25N3O3/c1-13-15(10-11-19(26)27-12-18(25)21(3,4)5)14(2)24-20(22-13)16-8-6-7-9-17(16)23-24/h6-9H,10-12H2,1-5H3. The Bertz CT molecular complexity index is 1030. The van der Waals surface area contributed by atoms with Crippen molar-refractivity contribution in [3.63, 3.8) is 0 Å². The highest BCUT2D eigenvalue weighted by Crippen LogP contribution is 2.23. The second-order valence-corrected chi connectivity index (χ2v) is 7.85. The highest BCUT2D eigenvalue weighted by atomic mass is 16.5. The van der Waals surface area contributed by atoms with Crippen LogP contribution >= 0.6 is 0 Å². The average molecular weight is 367 g/mol. The largest absolute Gasteiger partial charge is 0.458 e. The first-order valence-corrected chi connectivity index (χ1v) is 9.11. The van der Waals surface area contributed by atoms with Crippen LogP contribution in [0.15, 0.2) is 24.3 Å². The minimum Gasteiger partial charge on any atom is -0.458 e. The third-order valence-corrected chi connectivity index (χ3v) is 4.80. The Kier molecular flexibility index (Phi) is 5.00. The quantitative estimate of drug-likeness (QED) is 0.644. The molecule has 0 saturated heterocycles. The fraction of sp³-hybridized carbons (Fsp3) is 0.429. The van der Waals surface area contributed by atoms with Crippen molar-refractivity contribution < 1.29 is 14.3 Å². The lowest BCUT2D eigenvalue weighted by Gasteiger charge is -2.16. The van der Waals surface area contributed by atoms with Crippen molar-refractivity contribution in [3.8, 4) is 0 Å². The molecule has 0 aliphatic heterocycles. The van der Waals surface area contributed by atoms with Gasteiger partial charge in [0.1, 0.15) is 0 Å². The van der Waals surface area contributed by atoms with Gasteiger partial charge in [-0.25, -0.2) is 9.50 Å². The van der Waals surface area contributed by atoms with Crippen LogP contribution in [-0.4, -0.2) is 33.0 Å². The number of aryl methyl sites for hydroxylation is 2. The number of carbonyl (C=O) groups is 2. The van der Waals surface area contributed by atoms with Gasteiger partial charge < -0.3 is 4.74 Å². The number of esters is 1. The fourth-order valence-electron chi connectivity index (χ4n) is 3.00. The fourth-order valence-corrected chi connectivity index (χ4v) is 3.00. The van der Waals surface area contributed by atoms with E-state index >= 15 is 0 Å². The molecule has 0 bridgehead atoms. The molecule has 0 radical (unpaired) electrons. The molecule has 27 heavy (non-hydrogen) atoms. The van der Waals surface area contributed by atoms with Crippen LogP contribution in [0.5, 0.6) is 0 Å². The summed E-state index contributed by atoms with van der Waals surface area (Å²) in [6, 6.07) is 7.89. The number of nitrogens with zero attached hydrogens (tertiary/aromatic N) is 3. The molecule has 0 spiro atoms. The third-order valence-electron chi connectivity index (χ3n) is 4.80. The van der Waals surface area contributed by atoms with Crippen LogP contribution in [0.2, 0.25) is 0 Å². The van der Waals surface area contributed by atoms with Crippen LogP contribution < -0.4 is 0 Å². The Morgan fingerprint density at radius 1 is 1.15 bits per heavy atom. The van der Waals surface area contributed by atoms with Gasteiger partial charge in [-0.2, -0.15) is 5.10 Å². The van der Waals surface area contributed by atoms with Crippen LogP contribution in [0.3, 0.4) is 0 Å². The summed E-state index contributed by atoms with van der Waals surface area (Å²) in [6.07, 6.45) is 0.701. The summed E-state index contributed by atoms with van der Waals surface area (Å²) >= 11 is 0. The van der Waals surface area contributed by atoms with Crippen LogP contribution in [0.25, 0.3) is 16.6 Å². The lowest BCUT2D eigenvalue weighted by molar-refractivity contribution is -0.150. The molecule has 3 aromatic rings. The second kappa shape index (κ2) is 7.10. The van der Waals surface area contributed by atoms with E-state index in [9.17, 15) is 9.59 Å². The summed E-state index contributed by atoms with van der Waals surface area (Å²) in [4.78, 5) is 28.6. The van der Waals surface area contributed by atoms with E-state index in [4.69, 9.17) is 9.72 Å². The highest BCUT2D eigenvalue weighted by Gasteiger charge is 2.22. The summed E-state index contributed by atoms with van der Waals surface area (Å²) in [5.74, 6) is -0.466. The van der Waals surface area contributed by atoms with E-state index in [0.717, 1.165) is 33.5 Å². The summed E-state index contributed by atoms with van der Waals surface area (Å²) in [5, 5.41) is 5.63. The van der Waals surface area contributed by atoms with E-state index in [1.165, 1.54) is 0 Å². The Hall–Kier alpha value is -2.76. The minimum absolute atomic E-state index is 0.0884. The first-order valence-electron chi connectivity index (χ1n) is 9.11. The Morgan fingerprint density at radius 3 is 2.56 bits per heavy atom. The smallest absolute Gasteiger partial charge is 0.306 e. The van der Waals surface area contributed by atoms with E-state index in [1.807, 2.05) is 63.4 Å². The molecule has 3 rings (SSSR count). The van der Waals surface area contributed by atoms with Gasteiger partial charge in [-0.05, 0) is 38.0 Å². The highest BCUT2D eigenvalue weighted by molar-refractivity contribution is 5.92. The van der Waals surface area contributed by atoms with Crippen molar-refractivity contribution in [2.75, 3.05) is 6.61 Å². The van der Waals surface area contributed by atoms with Crippen molar-refractivity contribution in [3.05, 3.63) is 41.2 Å². The molecule has 0 aliphatic rings. The Labute approximate surface area is 158 Å². The summed E-state index contributed by atoms with van der Waals surface area (Å²) in [7, 11) is 0.